The molecule has 0 saturated heterocycles. The zero-order valence-electron chi connectivity index (χ0n) is 8.33. The van der Waals surface area contributed by atoms with Gasteiger partial charge in [-0.15, -0.1) is 0 Å². The number of methoxy groups -OCH3 is 2. The van der Waals surface area contributed by atoms with Gasteiger partial charge in [0.2, 0.25) is 0 Å². The summed E-state index contributed by atoms with van der Waals surface area (Å²) >= 11 is 0. The molecular formula is C10H12O4. The second-order valence-corrected chi connectivity index (χ2v) is 2.85. The van der Waals surface area contributed by atoms with Crippen LogP contribution in [-0.4, -0.2) is 25.3 Å². The Labute approximate surface area is 82.1 Å². The molecule has 1 N–H and O–H groups in total. The van der Waals surface area contributed by atoms with Crippen molar-refractivity contribution in [3.05, 3.63) is 23.3 Å². The van der Waals surface area contributed by atoms with Gasteiger partial charge in [0, 0.05) is 0 Å². The van der Waals surface area contributed by atoms with Gasteiger partial charge in [0.1, 0.15) is 5.56 Å². The molecule has 0 saturated carbocycles. The summed E-state index contributed by atoms with van der Waals surface area (Å²) in [5, 5.41) is 8.91. The Balaban J connectivity index is 3.39. The molecule has 0 spiro atoms. The maximum atomic E-state index is 10.9. The summed E-state index contributed by atoms with van der Waals surface area (Å²) in [5.41, 5.74) is 0.935. The minimum absolute atomic E-state index is 0.115. The van der Waals surface area contributed by atoms with Crippen LogP contribution >= 0.6 is 0 Å². The van der Waals surface area contributed by atoms with Crippen molar-refractivity contribution in [2.75, 3.05) is 14.2 Å². The molecule has 1 aromatic carbocycles. The zero-order chi connectivity index (χ0) is 10.7. The van der Waals surface area contributed by atoms with Crippen LogP contribution in [0.15, 0.2) is 12.1 Å². The number of carboxylic acid groups (broad SMARTS) is 1. The monoisotopic (exact) mass is 196 g/mol. The van der Waals surface area contributed by atoms with Crippen LogP contribution in [-0.2, 0) is 0 Å². The number of carbonyl (C=O) groups is 1. The molecule has 4 heteroatoms. The Bertz CT molecular complexity index is 357. The van der Waals surface area contributed by atoms with Gasteiger partial charge in [-0.05, 0) is 24.6 Å². The molecule has 0 radical (unpaired) electrons. The normalized spacial score (nSPS) is 9.64. The van der Waals surface area contributed by atoms with E-state index in [-0.39, 0.29) is 11.3 Å². The van der Waals surface area contributed by atoms with Crippen LogP contribution in [0.25, 0.3) is 0 Å². The van der Waals surface area contributed by atoms with Crippen molar-refractivity contribution < 1.29 is 19.4 Å². The smallest absolute Gasteiger partial charge is 0.339 e. The van der Waals surface area contributed by atoms with Crippen LogP contribution in [0.3, 0.4) is 0 Å². The molecule has 0 unspecified atom stereocenters. The second kappa shape index (κ2) is 4.00. The number of aryl methyl sites for hydroxylation is 1. The SMILES string of the molecule is COc1cc(C)cc(C(=O)O)c1OC. The van der Waals surface area contributed by atoms with E-state index in [2.05, 4.69) is 0 Å². The van der Waals surface area contributed by atoms with E-state index >= 15 is 0 Å². The van der Waals surface area contributed by atoms with Gasteiger partial charge in [-0.1, -0.05) is 0 Å². The van der Waals surface area contributed by atoms with Crippen LogP contribution in [0.4, 0.5) is 0 Å². The molecule has 0 amide bonds. The minimum Gasteiger partial charge on any atom is -0.493 e. The van der Waals surface area contributed by atoms with E-state index in [1.54, 1.807) is 19.1 Å². The van der Waals surface area contributed by atoms with Gasteiger partial charge in [0.05, 0.1) is 14.2 Å². The fourth-order valence-corrected chi connectivity index (χ4v) is 1.26. The largest absolute Gasteiger partial charge is 0.493 e. The van der Waals surface area contributed by atoms with Crippen LogP contribution < -0.4 is 9.47 Å². The molecule has 0 atom stereocenters. The number of rotatable bonds is 3. The van der Waals surface area contributed by atoms with Crippen molar-refractivity contribution >= 4 is 5.97 Å². The molecule has 0 aromatic heterocycles. The first-order chi connectivity index (χ1) is 6.60. The van der Waals surface area contributed by atoms with Crippen molar-refractivity contribution in [1.29, 1.82) is 0 Å². The predicted molar refractivity (Wildman–Crippen MR) is 51.2 cm³/mol. The molecule has 0 aliphatic heterocycles. The lowest BCUT2D eigenvalue weighted by Gasteiger charge is -2.11. The van der Waals surface area contributed by atoms with Crippen molar-refractivity contribution in [1.82, 2.24) is 0 Å². The summed E-state index contributed by atoms with van der Waals surface area (Å²) < 4.78 is 10.00. The molecule has 0 aliphatic carbocycles. The van der Waals surface area contributed by atoms with Gasteiger partial charge in [0.25, 0.3) is 0 Å². The Morgan fingerprint density at radius 3 is 2.36 bits per heavy atom. The van der Waals surface area contributed by atoms with E-state index in [1.807, 2.05) is 0 Å². The highest BCUT2D eigenvalue weighted by Crippen LogP contribution is 2.32. The highest BCUT2D eigenvalue weighted by atomic mass is 16.5. The average molecular weight is 196 g/mol. The maximum absolute atomic E-state index is 10.9. The number of aromatic carboxylic acids is 1. The molecule has 0 aliphatic rings. The van der Waals surface area contributed by atoms with E-state index in [0.717, 1.165) is 5.56 Å². The zero-order valence-corrected chi connectivity index (χ0v) is 8.33. The Morgan fingerprint density at radius 2 is 1.93 bits per heavy atom. The summed E-state index contributed by atoms with van der Waals surface area (Å²) in [4.78, 5) is 10.9. The van der Waals surface area contributed by atoms with Crippen molar-refractivity contribution in [2.45, 2.75) is 6.92 Å². The fraction of sp³-hybridized carbons (Fsp3) is 0.300. The van der Waals surface area contributed by atoms with Gasteiger partial charge >= 0.3 is 5.97 Å². The third-order valence-corrected chi connectivity index (χ3v) is 1.85. The van der Waals surface area contributed by atoms with Crippen LogP contribution in [0.2, 0.25) is 0 Å². The quantitative estimate of drug-likeness (QED) is 0.799. The standard InChI is InChI=1S/C10H12O4/c1-6-4-7(10(11)12)9(14-3)8(5-6)13-2/h4-5H,1-3H3,(H,11,12). The number of hydrogen-bond acceptors (Lipinski definition) is 3. The first-order valence-electron chi connectivity index (χ1n) is 4.06. The Hall–Kier alpha value is -1.71. The van der Waals surface area contributed by atoms with Gasteiger partial charge in [-0.2, -0.15) is 0 Å². The molecule has 1 rings (SSSR count). The average Bonchev–Trinajstić information content (AvgIpc) is 2.16. The highest BCUT2D eigenvalue weighted by Gasteiger charge is 2.16. The lowest BCUT2D eigenvalue weighted by atomic mass is 10.1. The molecule has 0 fully saturated rings. The van der Waals surface area contributed by atoms with E-state index in [0.29, 0.717) is 5.75 Å². The third-order valence-electron chi connectivity index (χ3n) is 1.85. The van der Waals surface area contributed by atoms with Crippen molar-refractivity contribution in [3.63, 3.8) is 0 Å². The lowest BCUT2D eigenvalue weighted by Crippen LogP contribution is -2.03. The van der Waals surface area contributed by atoms with Gasteiger partial charge in [0.15, 0.2) is 11.5 Å². The number of ether oxygens (including phenoxy) is 2. The molecule has 0 heterocycles. The van der Waals surface area contributed by atoms with Crippen molar-refractivity contribution in [3.8, 4) is 11.5 Å². The first kappa shape index (κ1) is 10.4. The minimum atomic E-state index is -1.02. The summed E-state index contributed by atoms with van der Waals surface area (Å²) in [5.74, 6) is -0.334. The topological polar surface area (TPSA) is 55.8 Å². The molecule has 14 heavy (non-hydrogen) atoms. The molecule has 4 nitrogen and oxygen atoms in total. The number of carboxylic acids is 1. The Kier molecular flexibility index (Phi) is 2.96. The summed E-state index contributed by atoms with van der Waals surface area (Å²) in [6.07, 6.45) is 0. The van der Waals surface area contributed by atoms with Crippen LogP contribution in [0.1, 0.15) is 15.9 Å². The van der Waals surface area contributed by atoms with E-state index < -0.39 is 5.97 Å². The lowest BCUT2D eigenvalue weighted by molar-refractivity contribution is 0.0692. The van der Waals surface area contributed by atoms with Gasteiger partial charge in [-0.25, -0.2) is 4.79 Å². The van der Waals surface area contributed by atoms with E-state index in [4.69, 9.17) is 14.6 Å². The number of benzene rings is 1. The highest BCUT2D eigenvalue weighted by molar-refractivity contribution is 5.92. The summed E-state index contributed by atoms with van der Waals surface area (Å²) in [6.45, 7) is 1.80. The van der Waals surface area contributed by atoms with E-state index in [9.17, 15) is 4.79 Å². The molecule has 76 valence electrons. The number of hydrogen-bond donors (Lipinski definition) is 1. The second-order valence-electron chi connectivity index (χ2n) is 2.85. The first-order valence-corrected chi connectivity index (χ1v) is 4.06. The van der Waals surface area contributed by atoms with Gasteiger partial charge in [-0.3, -0.25) is 0 Å². The van der Waals surface area contributed by atoms with E-state index in [1.165, 1.54) is 14.2 Å². The Morgan fingerprint density at radius 1 is 1.29 bits per heavy atom. The van der Waals surface area contributed by atoms with Crippen LogP contribution in [0.5, 0.6) is 11.5 Å². The predicted octanol–water partition coefficient (Wildman–Crippen LogP) is 1.71. The molecular weight excluding hydrogens is 184 g/mol. The summed E-state index contributed by atoms with van der Waals surface area (Å²) in [7, 11) is 2.89. The summed E-state index contributed by atoms with van der Waals surface area (Å²) in [6, 6.07) is 3.27. The third kappa shape index (κ3) is 1.79. The van der Waals surface area contributed by atoms with Gasteiger partial charge < -0.3 is 14.6 Å². The molecule has 1 aromatic rings. The molecule has 0 bridgehead atoms. The van der Waals surface area contributed by atoms with Crippen molar-refractivity contribution in [2.24, 2.45) is 0 Å². The fourth-order valence-electron chi connectivity index (χ4n) is 1.26. The van der Waals surface area contributed by atoms with Crippen LogP contribution in [0, 0.1) is 6.92 Å². The maximum Gasteiger partial charge on any atom is 0.339 e.